The Labute approximate surface area is 157 Å². The zero-order valence-electron chi connectivity index (χ0n) is 14.2. The van der Waals surface area contributed by atoms with Crippen LogP contribution in [0.1, 0.15) is 21.0 Å². The van der Waals surface area contributed by atoms with E-state index in [1.165, 1.54) is 14.2 Å². The Morgan fingerprint density at radius 3 is 2.69 bits per heavy atom. The molecule has 0 aliphatic heterocycles. The number of carbonyl (C=O) groups is 1. The number of nitrogens with zero attached hydrogens (tertiary/aromatic N) is 2. The first-order chi connectivity index (χ1) is 12.3. The predicted molar refractivity (Wildman–Crippen MR) is 95.0 cm³/mol. The lowest BCUT2D eigenvalue weighted by Crippen LogP contribution is -2.29. The Morgan fingerprint density at radius 1 is 1.42 bits per heavy atom. The molecule has 0 aliphatic carbocycles. The fourth-order valence-electron chi connectivity index (χ4n) is 2.08. The van der Waals surface area contributed by atoms with Gasteiger partial charge in [-0.25, -0.2) is 0 Å². The number of hydrogen-bond donors (Lipinski definition) is 1. The summed E-state index contributed by atoms with van der Waals surface area (Å²) in [4.78, 5) is 21.0. The molecule has 1 aromatic heterocycles. The monoisotopic (exact) mass is 403 g/mol. The first-order valence-electron chi connectivity index (χ1n) is 7.36. The van der Waals surface area contributed by atoms with E-state index in [4.69, 9.17) is 21.2 Å². The SMILES string of the molecule is CNC(=O)/C(=N/OC)c1ccccc1COc1nc(C(F)(F)Cl)sc1C. The summed E-state index contributed by atoms with van der Waals surface area (Å²) in [6, 6.07) is 6.89. The van der Waals surface area contributed by atoms with Crippen LogP contribution in [0.25, 0.3) is 0 Å². The predicted octanol–water partition coefficient (Wildman–Crippen LogP) is 3.42. The van der Waals surface area contributed by atoms with E-state index in [1.807, 2.05) is 0 Å². The number of aromatic nitrogens is 1. The van der Waals surface area contributed by atoms with Crippen LogP contribution in [-0.4, -0.2) is 30.8 Å². The van der Waals surface area contributed by atoms with Gasteiger partial charge in [0.15, 0.2) is 10.7 Å². The maximum atomic E-state index is 13.2. The molecule has 2 aromatic rings. The fourth-order valence-corrected chi connectivity index (χ4v) is 2.97. The smallest absolute Gasteiger partial charge is 0.374 e. The first-order valence-corrected chi connectivity index (χ1v) is 8.56. The molecule has 26 heavy (non-hydrogen) atoms. The second kappa shape index (κ2) is 8.41. The number of aryl methyl sites for hydroxylation is 1. The number of likely N-dealkylation sites (N-methyl/N-ethyl adjacent to an activating group) is 1. The number of alkyl halides is 3. The lowest BCUT2D eigenvalue weighted by Gasteiger charge is -2.11. The van der Waals surface area contributed by atoms with E-state index in [0.29, 0.717) is 16.0 Å². The Bertz CT molecular complexity index is 821. The van der Waals surface area contributed by atoms with Crippen molar-refractivity contribution in [1.82, 2.24) is 10.3 Å². The average molecular weight is 404 g/mol. The molecular formula is C16H16ClF2N3O3S. The number of carbonyl (C=O) groups excluding carboxylic acids is 1. The number of rotatable bonds is 7. The number of hydrogen-bond acceptors (Lipinski definition) is 6. The number of ether oxygens (including phenoxy) is 1. The minimum atomic E-state index is -3.55. The fraction of sp³-hybridized carbons (Fsp3) is 0.312. The van der Waals surface area contributed by atoms with Crippen molar-refractivity contribution in [3.63, 3.8) is 0 Å². The molecule has 0 radical (unpaired) electrons. The molecule has 0 unspecified atom stereocenters. The van der Waals surface area contributed by atoms with Gasteiger partial charge in [0, 0.05) is 12.6 Å². The van der Waals surface area contributed by atoms with E-state index in [9.17, 15) is 13.6 Å². The van der Waals surface area contributed by atoms with Crippen LogP contribution in [0.4, 0.5) is 8.78 Å². The van der Waals surface area contributed by atoms with Crippen molar-refractivity contribution in [2.75, 3.05) is 14.2 Å². The molecule has 6 nitrogen and oxygen atoms in total. The normalized spacial score (nSPS) is 12.0. The summed E-state index contributed by atoms with van der Waals surface area (Å²) in [6.07, 6.45) is 0. The zero-order valence-corrected chi connectivity index (χ0v) is 15.8. The molecule has 1 amide bonds. The van der Waals surface area contributed by atoms with Gasteiger partial charge in [-0.05, 0) is 24.1 Å². The molecule has 10 heteroatoms. The minimum Gasteiger partial charge on any atom is -0.472 e. The summed E-state index contributed by atoms with van der Waals surface area (Å²) in [7, 11) is 2.80. The lowest BCUT2D eigenvalue weighted by molar-refractivity contribution is -0.114. The molecule has 0 fully saturated rings. The summed E-state index contributed by atoms with van der Waals surface area (Å²) < 4.78 is 31.9. The molecule has 140 valence electrons. The average Bonchev–Trinajstić information content (AvgIpc) is 2.99. The summed E-state index contributed by atoms with van der Waals surface area (Å²) >= 11 is 5.76. The van der Waals surface area contributed by atoms with Gasteiger partial charge < -0.3 is 14.9 Å². The van der Waals surface area contributed by atoms with Crippen LogP contribution < -0.4 is 10.1 Å². The van der Waals surface area contributed by atoms with Crippen molar-refractivity contribution < 1.29 is 23.1 Å². The third kappa shape index (κ3) is 4.67. The second-order valence-electron chi connectivity index (χ2n) is 5.03. The molecule has 0 atom stereocenters. The maximum absolute atomic E-state index is 13.2. The Balaban J connectivity index is 2.28. The Kier molecular flexibility index (Phi) is 6.49. The molecular weight excluding hydrogens is 388 g/mol. The highest BCUT2D eigenvalue weighted by Crippen LogP contribution is 2.38. The summed E-state index contributed by atoms with van der Waals surface area (Å²) in [6.45, 7) is 1.60. The van der Waals surface area contributed by atoms with Gasteiger partial charge in [-0.2, -0.15) is 13.8 Å². The highest BCUT2D eigenvalue weighted by Gasteiger charge is 2.33. The Morgan fingerprint density at radius 2 is 2.12 bits per heavy atom. The number of benzene rings is 1. The van der Waals surface area contributed by atoms with Crippen molar-refractivity contribution in [2.24, 2.45) is 5.16 Å². The molecule has 1 aromatic carbocycles. The molecule has 0 aliphatic rings. The number of nitrogens with one attached hydrogen (secondary N) is 1. The van der Waals surface area contributed by atoms with Crippen LogP contribution in [0.5, 0.6) is 5.88 Å². The van der Waals surface area contributed by atoms with E-state index >= 15 is 0 Å². The van der Waals surface area contributed by atoms with Crippen molar-refractivity contribution in [3.8, 4) is 5.88 Å². The maximum Gasteiger partial charge on any atom is 0.374 e. The van der Waals surface area contributed by atoms with Crippen LogP contribution >= 0.6 is 22.9 Å². The molecule has 1 heterocycles. The molecule has 0 saturated heterocycles. The van der Waals surface area contributed by atoms with Gasteiger partial charge in [0.1, 0.15) is 13.7 Å². The number of amides is 1. The van der Waals surface area contributed by atoms with Gasteiger partial charge in [-0.15, -0.1) is 11.3 Å². The topological polar surface area (TPSA) is 72.8 Å². The first kappa shape index (κ1) is 20.1. The number of thiazole rings is 1. The third-order valence-electron chi connectivity index (χ3n) is 3.26. The van der Waals surface area contributed by atoms with Gasteiger partial charge >= 0.3 is 5.38 Å². The highest BCUT2D eigenvalue weighted by atomic mass is 35.5. The second-order valence-corrected chi connectivity index (χ2v) is 6.70. The molecule has 2 rings (SSSR count). The summed E-state index contributed by atoms with van der Waals surface area (Å²) in [5.41, 5.74) is 1.17. The Hall–Kier alpha value is -2.26. The van der Waals surface area contributed by atoms with Crippen LogP contribution in [0, 0.1) is 6.92 Å². The van der Waals surface area contributed by atoms with Gasteiger partial charge in [0.05, 0.1) is 4.88 Å². The van der Waals surface area contributed by atoms with E-state index in [1.54, 1.807) is 31.2 Å². The minimum absolute atomic E-state index is 0.00618. The van der Waals surface area contributed by atoms with Crippen LogP contribution in [0.3, 0.4) is 0 Å². The van der Waals surface area contributed by atoms with E-state index < -0.39 is 16.3 Å². The van der Waals surface area contributed by atoms with Crippen LogP contribution in [0.2, 0.25) is 0 Å². The number of halogens is 3. The molecule has 0 spiro atoms. The highest BCUT2D eigenvalue weighted by molar-refractivity contribution is 7.12. The van der Waals surface area contributed by atoms with Crippen molar-refractivity contribution >= 4 is 34.6 Å². The third-order valence-corrected chi connectivity index (χ3v) is 4.57. The van der Waals surface area contributed by atoms with Crippen molar-refractivity contribution in [2.45, 2.75) is 18.9 Å². The number of oxime groups is 1. The van der Waals surface area contributed by atoms with Gasteiger partial charge in [-0.1, -0.05) is 29.4 Å². The van der Waals surface area contributed by atoms with Crippen LogP contribution in [-0.2, 0) is 21.6 Å². The molecule has 1 N–H and O–H groups in total. The van der Waals surface area contributed by atoms with E-state index in [0.717, 1.165) is 11.3 Å². The van der Waals surface area contributed by atoms with Crippen molar-refractivity contribution in [1.29, 1.82) is 0 Å². The summed E-state index contributed by atoms with van der Waals surface area (Å²) in [5, 5.41) is 2.15. The van der Waals surface area contributed by atoms with E-state index in [-0.39, 0.29) is 18.2 Å². The lowest BCUT2D eigenvalue weighted by atomic mass is 10.0. The van der Waals surface area contributed by atoms with Crippen molar-refractivity contribution in [3.05, 3.63) is 45.3 Å². The van der Waals surface area contributed by atoms with Gasteiger partial charge in [0.25, 0.3) is 5.91 Å². The zero-order chi connectivity index (χ0) is 19.3. The molecule has 0 saturated carbocycles. The van der Waals surface area contributed by atoms with Gasteiger partial charge in [-0.3, -0.25) is 4.79 Å². The molecule has 0 bridgehead atoms. The quantitative estimate of drug-likeness (QED) is 0.437. The summed E-state index contributed by atoms with van der Waals surface area (Å²) in [5.74, 6) is -0.376. The standard InChI is InChI=1S/C16H16ClF2N3O3S/c1-9-14(21-15(26-9)16(17,18)19)25-8-10-6-4-5-7-11(10)12(22-24-3)13(23)20-2/h4-7H,8H2,1-3H3,(H,20,23)/b22-12+. The van der Waals surface area contributed by atoms with Crippen LogP contribution in [0.15, 0.2) is 29.4 Å². The van der Waals surface area contributed by atoms with E-state index in [2.05, 4.69) is 15.5 Å². The van der Waals surface area contributed by atoms with Gasteiger partial charge in [0.2, 0.25) is 5.88 Å². The largest absolute Gasteiger partial charge is 0.472 e.